The fourth-order valence-corrected chi connectivity index (χ4v) is 3.13. The van der Waals surface area contributed by atoms with Gasteiger partial charge >= 0.3 is 6.09 Å². The number of aryl methyl sites for hydroxylation is 1. The second kappa shape index (κ2) is 11.4. The lowest BCUT2D eigenvalue weighted by Crippen LogP contribution is -2.49. The van der Waals surface area contributed by atoms with Crippen LogP contribution >= 0.6 is 13.5 Å². The van der Waals surface area contributed by atoms with Crippen molar-refractivity contribution in [1.29, 1.82) is 0 Å². The fraction of sp³-hybridized carbons (Fsp3) is 0.167. The Bertz CT molecular complexity index is 1110. The van der Waals surface area contributed by atoms with Gasteiger partial charge in [0.2, 0.25) is 5.91 Å². The molecule has 0 fully saturated rings. The van der Waals surface area contributed by atoms with Gasteiger partial charge in [0.05, 0.1) is 0 Å². The van der Waals surface area contributed by atoms with Crippen molar-refractivity contribution in [3.05, 3.63) is 95.3 Å². The minimum Gasteiger partial charge on any atom is -0.410 e. The minimum absolute atomic E-state index is 0. The number of halogens is 3. The SMILES string of the molecule is Cc1cc(N(C)C(=O)[C@H](Cc2cc(F)cc(F)c2)NC(=O)Oc2ccccc2)ccc1F.S. The summed E-state index contributed by atoms with van der Waals surface area (Å²) >= 11 is 0. The molecule has 0 unspecified atom stereocenters. The molecular formula is C24H23F3N2O3S. The molecule has 0 radical (unpaired) electrons. The average Bonchev–Trinajstić information content (AvgIpc) is 2.74. The molecule has 33 heavy (non-hydrogen) atoms. The van der Waals surface area contributed by atoms with Crippen molar-refractivity contribution in [2.24, 2.45) is 0 Å². The van der Waals surface area contributed by atoms with E-state index >= 15 is 0 Å². The number of likely N-dealkylation sites (N-methyl/N-ethyl adjacent to an activating group) is 1. The Labute approximate surface area is 196 Å². The third-order valence-corrected chi connectivity index (χ3v) is 4.77. The molecule has 2 amide bonds. The van der Waals surface area contributed by atoms with Crippen molar-refractivity contribution < 1.29 is 27.5 Å². The van der Waals surface area contributed by atoms with E-state index in [2.05, 4.69) is 5.32 Å². The Hall–Kier alpha value is -3.46. The number of rotatable bonds is 6. The van der Waals surface area contributed by atoms with Gasteiger partial charge in [0.1, 0.15) is 29.2 Å². The van der Waals surface area contributed by atoms with E-state index in [0.717, 1.165) is 12.1 Å². The Morgan fingerprint density at radius 1 is 0.970 bits per heavy atom. The van der Waals surface area contributed by atoms with Crippen LogP contribution in [0.25, 0.3) is 0 Å². The predicted octanol–water partition coefficient (Wildman–Crippen LogP) is 4.89. The first-order valence-corrected chi connectivity index (χ1v) is 9.75. The molecule has 0 spiro atoms. The number of carbonyl (C=O) groups excluding carboxylic acids is 2. The second-order valence-corrected chi connectivity index (χ2v) is 7.21. The van der Waals surface area contributed by atoms with Crippen LogP contribution in [-0.4, -0.2) is 25.1 Å². The number of carbonyl (C=O) groups is 2. The molecule has 0 aromatic heterocycles. The van der Waals surface area contributed by atoms with Gasteiger partial charge in [-0.1, -0.05) is 18.2 Å². The van der Waals surface area contributed by atoms with E-state index < -0.39 is 35.5 Å². The molecule has 3 aromatic rings. The standard InChI is InChI=1S/C24H21F3N2O3.H2S/c1-15-10-19(8-9-21(15)27)29(2)23(30)22(13-16-11-17(25)14-18(26)12-16)28-24(31)32-20-6-4-3-5-7-20;/h3-12,14,22H,13H2,1-2H3,(H,28,31);1H2/t22-;/m0./s1. The number of hydrogen-bond donors (Lipinski definition) is 1. The van der Waals surface area contributed by atoms with Crippen molar-refractivity contribution in [1.82, 2.24) is 5.32 Å². The first-order valence-electron chi connectivity index (χ1n) is 9.75. The third kappa shape index (κ3) is 7.01. The van der Waals surface area contributed by atoms with Crippen LogP contribution in [0.4, 0.5) is 23.7 Å². The minimum atomic E-state index is -1.21. The van der Waals surface area contributed by atoms with Crippen LogP contribution in [0.3, 0.4) is 0 Å². The molecular weight excluding hydrogens is 453 g/mol. The van der Waals surface area contributed by atoms with Crippen LogP contribution in [-0.2, 0) is 11.2 Å². The van der Waals surface area contributed by atoms with E-state index in [9.17, 15) is 22.8 Å². The van der Waals surface area contributed by atoms with Gasteiger partial charge in [-0.25, -0.2) is 18.0 Å². The van der Waals surface area contributed by atoms with E-state index in [-0.39, 0.29) is 31.2 Å². The van der Waals surface area contributed by atoms with Gasteiger partial charge in [-0.2, -0.15) is 13.5 Å². The van der Waals surface area contributed by atoms with Crippen molar-refractivity contribution in [3.8, 4) is 5.75 Å². The smallest absolute Gasteiger partial charge is 0.410 e. The third-order valence-electron chi connectivity index (χ3n) is 4.77. The summed E-state index contributed by atoms with van der Waals surface area (Å²) in [5.74, 6) is -2.35. The molecule has 0 heterocycles. The maximum atomic E-state index is 13.7. The summed E-state index contributed by atoms with van der Waals surface area (Å²) < 4.78 is 46.1. The Kier molecular flexibility index (Phi) is 8.93. The molecule has 3 aromatic carbocycles. The van der Waals surface area contributed by atoms with Crippen LogP contribution in [0.5, 0.6) is 5.75 Å². The van der Waals surface area contributed by atoms with Gasteiger partial charge in [0.25, 0.3) is 0 Å². The molecule has 0 aliphatic rings. The fourth-order valence-electron chi connectivity index (χ4n) is 3.13. The second-order valence-electron chi connectivity index (χ2n) is 7.21. The van der Waals surface area contributed by atoms with Gasteiger partial charge in [-0.3, -0.25) is 4.79 Å². The zero-order chi connectivity index (χ0) is 23.3. The number of benzene rings is 3. The zero-order valence-electron chi connectivity index (χ0n) is 17.9. The van der Waals surface area contributed by atoms with E-state index in [1.807, 2.05) is 0 Å². The lowest BCUT2D eigenvalue weighted by atomic mass is 10.0. The molecule has 5 nitrogen and oxygen atoms in total. The van der Waals surface area contributed by atoms with Crippen molar-refractivity contribution >= 4 is 31.2 Å². The van der Waals surface area contributed by atoms with E-state index in [1.54, 1.807) is 37.3 Å². The molecule has 1 atom stereocenters. The van der Waals surface area contributed by atoms with Gasteiger partial charge in [-0.15, -0.1) is 0 Å². The zero-order valence-corrected chi connectivity index (χ0v) is 18.9. The summed E-state index contributed by atoms with van der Waals surface area (Å²) in [6.07, 6.45) is -1.10. The monoisotopic (exact) mass is 476 g/mol. The highest BCUT2D eigenvalue weighted by Gasteiger charge is 2.27. The van der Waals surface area contributed by atoms with Gasteiger partial charge in [-0.05, 0) is 60.5 Å². The first kappa shape index (κ1) is 25.8. The van der Waals surface area contributed by atoms with Crippen molar-refractivity contribution in [2.45, 2.75) is 19.4 Å². The highest BCUT2D eigenvalue weighted by Crippen LogP contribution is 2.19. The van der Waals surface area contributed by atoms with Gasteiger partial charge in [0, 0.05) is 25.2 Å². The molecule has 0 saturated heterocycles. The van der Waals surface area contributed by atoms with Crippen LogP contribution in [0, 0.1) is 24.4 Å². The Morgan fingerprint density at radius 3 is 2.21 bits per heavy atom. The first-order chi connectivity index (χ1) is 15.2. The number of amides is 2. The number of ether oxygens (including phenoxy) is 1. The van der Waals surface area contributed by atoms with E-state index in [0.29, 0.717) is 17.3 Å². The molecule has 0 aliphatic heterocycles. The lowest BCUT2D eigenvalue weighted by Gasteiger charge is -2.25. The predicted molar refractivity (Wildman–Crippen MR) is 124 cm³/mol. The number of nitrogens with zero attached hydrogens (tertiary/aromatic N) is 1. The van der Waals surface area contributed by atoms with Crippen molar-refractivity contribution in [2.75, 3.05) is 11.9 Å². The van der Waals surface area contributed by atoms with Crippen molar-refractivity contribution in [3.63, 3.8) is 0 Å². The molecule has 174 valence electrons. The maximum Gasteiger partial charge on any atom is 0.413 e. The molecule has 0 saturated carbocycles. The van der Waals surface area contributed by atoms with E-state index in [4.69, 9.17) is 4.74 Å². The number of anilines is 1. The van der Waals surface area contributed by atoms with E-state index in [1.165, 1.54) is 30.1 Å². The number of hydrogen-bond acceptors (Lipinski definition) is 3. The maximum absolute atomic E-state index is 13.7. The lowest BCUT2D eigenvalue weighted by molar-refractivity contribution is -0.120. The van der Waals surface area contributed by atoms with Crippen LogP contribution in [0.2, 0.25) is 0 Å². The molecule has 3 rings (SSSR count). The van der Waals surface area contributed by atoms with Crippen LogP contribution < -0.4 is 15.0 Å². The summed E-state index contributed by atoms with van der Waals surface area (Å²) in [4.78, 5) is 26.8. The summed E-state index contributed by atoms with van der Waals surface area (Å²) in [7, 11) is 1.46. The van der Waals surface area contributed by atoms with Crippen LogP contribution in [0.1, 0.15) is 11.1 Å². The number of nitrogens with one attached hydrogen (secondary N) is 1. The summed E-state index contributed by atoms with van der Waals surface area (Å²) in [5.41, 5.74) is 0.898. The van der Waals surface area contributed by atoms with Crippen LogP contribution in [0.15, 0.2) is 66.7 Å². The normalized spacial score (nSPS) is 11.2. The highest BCUT2D eigenvalue weighted by molar-refractivity contribution is 7.59. The van der Waals surface area contributed by atoms with Gasteiger partial charge in [0.15, 0.2) is 0 Å². The molecule has 1 N–H and O–H groups in total. The summed E-state index contributed by atoms with van der Waals surface area (Å²) in [6.45, 7) is 1.56. The molecule has 9 heteroatoms. The summed E-state index contributed by atoms with van der Waals surface area (Å²) in [5, 5.41) is 2.46. The average molecular weight is 477 g/mol. The Morgan fingerprint density at radius 2 is 1.61 bits per heavy atom. The largest absolute Gasteiger partial charge is 0.413 e. The molecule has 0 aliphatic carbocycles. The molecule has 0 bridgehead atoms. The van der Waals surface area contributed by atoms with Gasteiger partial charge < -0.3 is 15.0 Å². The summed E-state index contributed by atoms with van der Waals surface area (Å²) in [6, 6.07) is 14.0. The topological polar surface area (TPSA) is 58.6 Å². The number of para-hydroxylation sites is 1. The Balaban J connectivity index is 0.00000385. The quantitative estimate of drug-likeness (QED) is 0.551. The highest BCUT2D eigenvalue weighted by atomic mass is 32.1.